The zero-order chi connectivity index (χ0) is 51.2. The first kappa shape index (κ1) is 54.6. The van der Waals surface area contributed by atoms with Crippen LogP contribution >= 0.6 is 0 Å². The van der Waals surface area contributed by atoms with Crippen LogP contribution in [0.15, 0.2) is 60.7 Å². The van der Waals surface area contributed by atoms with Gasteiger partial charge in [0.05, 0.1) is 30.3 Å². The zero-order valence-electron chi connectivity index (χ0n) is 45.7. The molecule has 2 aromatic rings. The Morgan fingerprint density at radius 2 is 0.889 bits per heavy atom. The standard InChI is InChI=1S/C29H40N2O3Si.C15H25NO2.C14H24N2O2.CH4/c1-28(2,3)33-27(32)31-23-17-20-18-24(31)26(25(23)30-19-20)34-35(29(4,5)6,21-13-9-7-10-14-21)22-15-11-8-12-16-22;1-9-11-6-5-10-7-12(9)16(13(11)8-10)14(17)18-15(2,3)4;1-8-10-5-9-6-11(12(8)15-7-9)16(10)13(17)18-14(2,3)4;/h7-16,20,23-26,30H,17-19H2,1-6H3;9-13H,5-8H2,1-4H3;8-12,15H,5-7H2,1-4H3;1H4/t20?,23?,24?,25?,26-;9-,10+,11+,12+,13-;8-,9-,10-,11+,12+;/m000./s1. The van der Waals surface area contributed by atoms with Crippen LogP contribution in [0.1, 0.15) is 156 Å². The molecule has 11 rings (SSSR count). The Morgan fingerprint density at radius 1 is 0.500 bits per heavy atom. The molecule has 8 heterocycles. The van der Waals surface area contributed by atoms with E-state index >= 15 is 0 Å². The quantitative estimate of drug-likeness (QED) is 0.228. The van der Waals surface area contributed by atoms with E-state index in [0.29, 0.717) is 48.0 Å². The molecule has 0 radical (unpaired) electrons. The molecule has 3 amide bonds. The van der Waals surface area contributed by atoms with Gasteiger partial charge in [-0.3, -0.25) is 4.90 Å². The van der Waals surface area contributed by atoms with Crippen LogP contribution in [-0.4, -0.2) is 126 Å². The lowest BCUT2D eigenvalue weighted by molar-refractivity contribution is -0.00784. The van der Waals surface area contributed by atoms with Crippen molar-refractivity contribution >= 4 is 37.0 Å². The molecule has 2 aromatic carbocycles. The minimum absolute atomic E-state index is 0. The molecular weight excluding hydrogens is 919 g/mol. The minimum atomic E-state index is -2.74. The fourth-order valence-corrected chi connectivity index (χ4v) is 19.9. The summed E-state index contributed by atoms with van der Waals surface area (Å²) in [5.74, 6) is 4.12. The topological polar surface area (TPSA) is 122 Å². The normalized spacial score (nSPS) is 34.9. The van der Waals surface area contributed by atoms with Gasteiger partial charge in [0.25, 0.3) is 8.32 Å². The Morgan fingerprint density at radius 3 is 1.38 bits per heavy atom. The monoisotopic (exact) mass is 1010 g/mol. The van der Waals surface area contributed by atoms with Gasteiger partial charge in [0.2, 0.25) is 0 Å². The molecule has 9 fully saturated rings. The molecule has 0 spiro atoms. The number of nitrogens with zero attached hydrogens (tertiary/aromatic N) is 3. The molecule has 400 valence electrons. The summed E-state index contributed by atoms with van der Waals surface area (Å²) in [6.07, 6.45) is 8.91. The average molecular weight is 1010 g/mol. The molecule has 8 aliphatic heterocycles. The van der Waals surface area contributed by atoms with Crippen LogP contribution < -0.4 is 21.0 Å². The lowest BCUT2D eigenvalue weighted by Crippen LogP contribution is -2.69. The first-order chi connectivity index (χ1) is 33.2. The molecule has 15 atom stereocenters. The van der Waals surface area contributed by atoms with Crippen molar-refractivity contribution in [2.24, 2.45) is 35.5 Å². The summed E-state index contributed by atoms with van der Waals surface area (Å²) in [4.78, 5) is 44.4. The van der Waals surface area contributed by atoms with Gasteiger partial charge in [-0.1, -0.05) is 103 Å². The molecule has 0 aromatic heterocycles. The van der Waals surface area contributed by atoms with Crippen molar-refractivity contribution in [1.29, 1.82) is 0 Å². The average Bonchev–Trinajstić information content (AvgIpc) is 3.46. The number of ether oxygens (including phenoxy) is 3. The number of carbonyl (C=O) groups excluding carboxylic acids is 3. The molecule has 9 bridgehead atoms. The maximum atomic E-state index is 13.4. The van der Waals surface area contributed by atoms with Gasteiger partial charge in [0, 0.05) is 24.2 Å². The summed E-state index contributed by atoms with van der Waals surface area (Å²) in [7, 11) is -2.74. The SMILES string of the molecule is C.CC(C)(C)OC(=O)N1C2CC3CNC2[C@@H](O[Si](c2ccccc2)(c2ccccc2)C(C)(C)C)C1C3.C[C@@H]1[C@H]2NC[C@@H]3C[C@H]2N(C(=O)OC(C)(C)C)[C@H]1C3.C[C@H]1[C@H]2CC[C@@H]3C[C@H]1N(C(=O)OC(C)(C)C)[C@H]2C3. The second kappa shape index (κ2) is 20.1. The van der Waals surface area contributed by atoms with E-state index in [-0.39, 0.29) is 60.6 Å². The predicted octanol–water partition coefficient (Wildman–Crippen LogP) is 10.4. The number of amides is 3. The summed E-state index contributed by atoms with van der Waals surface area (Å²) in [5, 5.41) is 9.86. The number of nitrogens with one attached hydrogen (secondary N) is 2. The lowest BCUT2D eigenvalue weighted by Gasteiger charge is -2.46. The number of piperidine rings is 5. The highest BCUT2D eigenvalue weighted by Crippen LogP contribution is 2.53. The van der Waals surface area contributed by atoms with Crippen molar-refractivity contribution in [1.82, 2.24) is 25.3 Å². The molecule has 9 aliphatic rings. The Labute approximate surface area is 434 Å². The van der Waals surface area contributed by atoms with Gasteiger partial charge in [0.15, 0.2) is 0 Å². The van der Waals surface area contributed by atoms with E-state index in [1.165, 1.54) is 36.1 Å². The Hall–Kier alpha value is -3.65. The molecule has 1 aliphatic carbocycles. The van der Waals surface area contributed by atoms with E-state index in [1.54, 1.807) is 0 Å². The summed E-state index contributed by atoms with van der Waals surface area (Å²) >= 11 is 0. The van der Waals surface area contributed by atoms with Crippen LogP contribution in [0.4, 0.5) is 14.4 Å². The number of rotatable bonds is 4. The maximum Gasteiger partial charge on any atom is 0.410 e. The number of carbonyl (C=O) groups is 3. The van der Waals surface area contributed by atoms with E-state index in [4.69, 9.17) is 18.6 Å². The molecular formula is C59H93N5O7Si. The van der Waals surface area contributed by atoms with Gasteiger partial charge >= 0.3 is 18.3 Å². The molecule has 1 saturated carbocycles. The zero-order valence-corrected chi connectivity index (χ0v) is 46.7. The van der Waals surface area contributed by atoms with E-state index < -0.39 is 19.5 Å². The van der Waals surface area contributed by atoms with Crippen LogP contribution in [0.5, 0.6) is 0 Å². The second-order valence-corrected chi connectivity index (χ2v) is 31.4. The summed E-state index contributed by atoms with van der Waals surface area (Å²) < 4.78 is 24.7. The van der Waals surface area contributed by atoms with Crippen molar-refractivity contribution in [2.45, 2.75) is 232 Å². The number of fused-ring (bicyclic) bond motifs is 6. The van der Waals surface area contributed by atoms with E-state index in [2.05, 4.69) is 111 Å². The Bertz CT molecular complexity index is 2110. The highest BCUT2D eigenvalue weighted by Gasteiger charge is 2.63. The summed E-state index contributed by atoms with van der Waals surface area (Å²) in [5.41, 5.74) is -1.30. The van der Waals surface area contributed by atoms with E-state index in [9.17, 15) is 14.4 Å². The van der Waals surface area contributed by atoms with E-state index in [0.717, 1.165) is 56.5 Å². The van der Waals surface area contributed by atoms with Gasteiger partial charge < -0.3 is 39.1 Å². The van der Waals surface area contributed by atoms with Crippen LogP contribution in [0.2, 0.25) is 5.04 Å². The number of benzene rings is 2. The third-order valence-electron chi connectivity index (χ3n) is 17.8. The summed E-state index contributed by atoms with van der Waals surface area (Å²) in [6, 6.07) is 24.0. The molecule has 13 heteroatoms. The van der Waals surface area contributed by atoms with Crippen LogP contribution in [0, 0.1) is 35.5 Å². The number of hydrogen-bond donors (Lipinski definition) is 2. The number of hydrogen-bond acceptors (Lipinski definition) is 9. The summed E-state index contributed by atoms with van der Waals surface area (Å²) in [6.45, 7) is 31.2. The van der Waals surface area contributed by atoms with Gasteiger partial charge in [0.1, 0.15) is 16.8 Å². The van der Waals surface area contributed by atoms with Crippen molar-refractivity contribution in [2.75, 3.05) is 13.1 Å². The van der Waals surface area contributed by atoms with Crippen molar-refractivity contribution in [3.63, 3.8) is 0 Å². The molecule has 4 unspecified atom stereocenters. The third-order valence-corrected chi connectivity index (χ3v) is 22.9. The first-order valence-corrected chi connectivity index (χ1v) is 29.4. The molecule has 12 nitrogen and oxygen atoms in total. The van der Waals surface area contributed by atoms with Crippen molar-refractivity contribution in [3.8, 4) is 0 Å². The van der Waals surface area contributed by atoms with Crippen molar-refractivity contribution < 1.29 is 33.0 Å². The van der Waals surface area contributed by atoms with Crippen LogP contribution in [0.25, 0.3) is 0 Å². The second-order valence-electron chi connectivity index (χ2n) is 27.2. The van der Waals surface area contributed by atoms with Crippen LogP contribution in [-0.2, 0) is 18.6 Å². The molecule has 2 N–H and O–H groups in total. The fraction of sp³-hybridized carbons (Fsp3) is 0.746. The predicted molar refractivity (Wildman–Crippen MR) is 289 cm³/mol. The molecule has 8 saturated heterocycles. The Kier molecular flexibility index (Phi) is 15.3. The van der Waals surface area contributed by atoms with E-state index in [1.807, 2.05) is 72.1 Å². The highest BCUT2D eigenvalue weighted by molar-refractivity contribution is 6.99. The third kappa shape index (κ3) is 10.5. The smallest absolute Gasteiger partial charge is 0.410 e. The van der Waals surface area contributed by atoms with Crippen molar-refractivity contribution in [3.05, 3.63) is 60.7 Å². The highest BCUT2D eigenvalue weighted by atomic mass is 28.4. The first-order valence-electron chi connectivity index (χ1n) is 27.5. The lowest BCUT2D eigenvalue weighted by atomic mass is 9.78. The van der Waals surface area contributed by atoms with Gasteiger partial charge in [-0.25, -0.2) is 14.4 Å². The largest absolute Gasteiger partial charge is 0.444 e. The van der Waals surface area contributed by atoms with Gasteiger partial charge in [-0.15, -0.1) is 0 Å². The fourth-order valence-electron chi connectivity index (χ4n) is 15.1. The molecule has 72 heavy (non-hydrogen) atoms. The Balaban J connectivity index is 0.000000158. The van der Waals surface area contributed by atoms with Gasteiger partial charge in [-0.05, 0) is 178 Å². The minimum Gasteiger partial charge on any atom is -0.444 e. The maximum absolute atomic E-state index is 13.4. The van der Waals surface area contributed by atoms with Crippen LogP contribution in [0.3, 0.4) is 0 Å². The van der Waals surface area contributed by atoms with Gasteiger partial charge in [-0.2, -0.15) is 0 Å².